The predicted molar refractivity (Wildman–Crippen MR) is 226 cm³/mol. The van der Waals surface area contributed by atoms with Gasteiger partial charge in [0.05, 0.1) is 13.2 Å². The number of carboxylic acids is 1. The third-order valence-corrected chi connectivity index (χ3v) is 9.39. The summed E-state index contributed by atoms with van der Waals surface area (Å²) in [5.74, 6) is -2.44. The molecule has 0 bridgehead atoms. The van der Waals surface area contributed by atoms with Crippen molar-refractivity contribution in [3.63, 3.8) is 0 Å². The van der Waals surface area contributed by atoms with Crippen LogP contribution in [0.1, 0.15) is 155 Å². The highest BCUT2D eigenvalue weighted by Gasteiger charge is 2.28. The number of allylic oxidation sites excluding steroid dienone is 12. The lowest BCUT2D eigenvalue weighted by molar-refractivity contribution is -0.161. The van der Waals surface area contributed by atoms with E-state index in [0.717, 1.165) is 96.3 Å². The van der Waals surface area contributed by atoms with Crippen LogP contribution in [0.2, 0.25) is 0 Å². The first-order valence-electron chi connectivity index (χ1n) is 21.0. The van der Waals surface area contributed by atoms with Gasteiger partial charge in [0.15, 0.2) is 6.10 Å². The molecule has 3 unspecified atom stereocenters. The minimum absolute atomic E-state index is 0.126. The van der Waals surface area contributed by atoms with Crippen molar-refractivity contribution in [1.82, 2.24) is 0 Å². The highest BCUT2D eigenvalue weighted by molar-refractivity contribution is 7.47. The quantitative estimate of drug-likeness (QED) is 0.0235. The summed E-state index contributed by atoms with van der Waals surface area (Å²) < 4.78 is 32.6. The second-order valence-corrected chi connectivity index (χ2v) is 15.2. The smallest absolute Gasteiger partial charge is 0.472 e. The van der Waals surface area contributed by atoms with Crippen LogP contribution in [0.4, 0.5) is 0 Å². The van der Waals surface area contributed by atoms with Gasteiger partial charge in [0.1, 0.15) is 12.6 Å². The third-order valence-electron chi connectivity index (χ3n) is 8.44. The van der Waals surface area contributed by atoms with Crippen LogP contribution < -0.4 is 5.73 Å². The minimum Gasteiger partial charge on any atom is -0.480 e. The molecule has 0 aliphatic rings. The Kier molecular flexibility index (Phi) is 36.6. The Morgan fingerprint density at radius 1 is 0.571 bits per heavy atom. The van der Waals surface area contributed by atoms with Crippen molar-refractivity contribution < 1.29 is 47.5 Å². The number of hydrogen-bond acceptors (Lipinski definition) is 9. The lowest BCUT2D eigenvalue weighted by Gasteiger charge is -2.20. The molecule has 0 saturated carbocycles. The Morgan fingerprint density at radius 2 is 1.00 bits per heavy atom. The van der Waals surface area contributed by atoms with Gasteiger partial charge in [0, 0.05) is 12.8 Å². The summed E-state index contributed by atoms with van der Waals surface area (Å²) >= 11 is 0. The van der Waals surface area contributed by atoms with E-state index in [-0.39, 0.29) is 19.4 Å². The molecule has 0 aliphatic carbocycles. The summed E-state index contributed by atoms with van der Waals surface area (Å²) in [6.07, 6.45) is 45.3. The van der Waals surface area contributed by atoms with Crippen molar-refractivity contribution in [3.8, 4) is 0 Å². The molecule has 0 saturated heterocycles. The number of carboxylic acid groups (broad SMARTS) is 1. The van der Waals surface area contributed by atoms with Crippen molar-refractivity contribution in [1.29, 1.82) is 0 Å². The number of carbonyl (C=O) groups is 3. The van der Waals surface area contributed by atoms with Crippen LogP contribution >= 0.6 is 7.82 Å². The van der Waals surface area contributed by atoms with Gasteiger partial charge < -0.3 is 25.2 Å². The molecular formula is C44H74NO10P. The molecule has 0 aromatic carbocycles. The van der Waals surface area contributed by atoms with Gasteiger partial charge in [0.25, 0.3) is 0 Å². The van der Waals surface area contributed by atoms with E-state index >= 15 is 0 Å². The fourth-order valence-electron chi connectivity index (χ4n) is 5.14. The zero-order valence-electron chi connectivity index (χ0n) is 34.4. The van der Waals surface area contributed by atoms with E-state index in [1.165, 1.54) is 19.3 Å². The van der Waals surface area contributed by atoms with Crippen LogP contribution in [0.5, 0.6) is 0 Å². The molecule has 0 heterocycles. The van der Waals surface area contributed by atoms with Crippen LogP contribution in [-0.2, 0) is 37.5 Å². The van der Waals surface area contributed by atoms with Crippen molar-refractivity contribution in [2.45, 2.75) is 167 Å². The summed E-state index contributed by atoms with van der Waals surface area (Å²) in [5.41, 5.74) is 5.32. The molecule has 0 aliphatic heterocycles. The fraction of sp³-hybridized carbons (Fsp3) is 0.659. The van der Waals surface area contributed by atoms with E-state index in [1.807, 2.05) is 0 Å². The molecule has 0 radical (unpaired) electrons. The maximum absolute atomic E-state index is 12.6. The number of nitrogens with two attached hydrogens (primary N) is 1. The van der Waals surface area contributed by atoms with Gasteiger partial charge in [-0.25, -0.2) is 4.57 Å². The van der Waals surface area contributed by atoms with Gasteiger partial charge in [-0.3, -0.25) is 23.4 Å². The average molecular weight is 808 g/mol. The Balaban J connectivity index is 4.48. The Hall–Kier alpha value is -3.08. The molecule has 0 amide bonds. The van der Waals surface area contributed by atoms with Crippen molar-refractivity contribution in [2.24, 2.45) is 5.73 Å². The number of hydrogen-bond donors (Lipinski definition) is 3. The molecule has 0 aromatic rings. The van der Waals surface area contributed by atoms with Crippen molar-refractivity contribution >= 4 is 25.7 Å². The zero-order chi connectivity index (χ0) is 41.4. The van der Waals surface area contributed by atoms with Crippen molar-refractivity contribution in [2.75, 3.05) is 19.8 Å². The first kappa shape index (κ1) is 52.9. The topological polar surface area (TPSA) is 172 Å². The number of phosphoric acid groups is 1. The zero-order valence-corrected chi connectivity index (χ0v) is 35.3. The van der Waals surface area contributed by atoms with Crippen LogP contribution in [0.15, 0.2) is 72.9 Å². The fourth-order valence-corrected chi connectivity index (χ4v) is 5.92. The maximum atomic E-state index is 12.6. The molecule has 3 atom stereocenters. The van der Waals surface area contributed by atoms with E-state index in [2.05, 4.69) is 91.3 Å². The first-order valence-corrected chi connectivity index (χ1v) is 22.5. The molecule has 0 rings (SSSR count). The van der Waals surface area contributed by atoms with E-state index in [1.54, 1.807) is 0 Å². The van der Waals surface area contributed by atoms with Gasteiger partial charge in [-0.1, -0.05) is 132 Å². The Labute approximate surface area is 338 Å². The summed E-state index contributed by atoms with van der Waals surface area (Å²) in [7, 11) is -4.73. The summed E-state index contributed by atoms with van der Waals surface area (Å²) in [4.78, 5) is 45.9. The van der Waals surface area contributed by atoms with Gasteiger partial charge in [-0.05, 0) is 83.5 Å². The standard InChI is InChI=1S/C44H74NO10P/c1-3-5-7-9-11-13-15-17-19-20-22-24-26-28-30-32-34-36-43(47)55-40(38-53-56(50,51)54-39-41(45)44(48)49)37-52-42(46)35-33-31-29-27-25-23-21-18-16-14-12-10-8-6-4-2/h5,7,11-14,17-19,21-22,24,40-41H,3-4,6,8-10,15-16,20,23,25-39,45H2,1-2H3,(H,48,49)(H,50,51)/b7-5-,13-11-,14-12-,19-17-,21-18-,24-22-. The summed E-state index contributed by atoms with van der Waals surface area (Å²) in [6, 6.07) is -1.53. The largest absolute Gasteiger partial charge is 0.480 e. The first-order chi connectivity index (χ1) is 27.1. The van der Waals surface area contributed by atoms with E-state index in [0.29, 0.717) is 12.8 Å². The Morgan fingerprint density at radius 3 is 1.50 bits per heavy atom. The number of ether oxygens (including phenoxy) is 2. The van der Waals surface area contributed by atoms with E-state index in [4.69, 9.17) is 24.8 Å². The van der Waals surface area contributed by atoms with Crippen LogP contribution in [0, 0.1) is 0 Å². The van der Waals surface area contributed by atoms with Crippen LogP contribution in [0.3, 0.4) is 0 Å². The number of rotatable bonds is 38. The Bertz CT molecular complexity index is 1230. The van der Waals surface area contributed by atoms with Crippen molar-refractivity contribution in [3.05, 3.63) is 72.9 Å². The summed E-state index contributed by atoms with van der Waals surface area (Å²) in [6.45, 7) is 2.60. The monoisotopic (exact) mass is 808 g/mol. The molecule has 56 heavy (non-hydrogen) atoms. The second-order valence-electron chi connectivity index (χ2n) is 13.7. The highest BCUT2D eigenvalue weighted by Crippen LogP contribution is 2.43. The van der Waals surface area contributed by atoms with E-state index in [9.17, 15) is 23.8 Å². The molecule has 0 fully saturated rings. The van der Waals surface area contributed by atoms with Gasteiger partial charge >= 0.3 is 25.7 Å². The molecule has 0 spiro atoms. The number of carbonyl (C=O) groups excluding carboxylic acids is 2. The van der Waals surface area contributed by atoms with Gasteiger partial charge in [-0.2, -0.15) is 0 Å². The second kappa shape index (κ2) is 38.8. The van der Waals surface area contributed by atoms with Crippen LogP contribution in [0.25, 0.3) is 0 Å². The SMILES string of the molecule is CC/C=C\C/C=C\C/C=C\C/C=C\CCCCCCC(=O)OC(COC(=O)CCCCCCC/C=C\C/C=C\CCCCC)COP(=O)(O)OCC(N)C(=O)O. The minimum atomic E-state index is -4.73. The third kappa shape index (κ3) is 37.8. The number of aliphatic carboxylic acids is 1. The molecule has 0 aromatic heterocycles. The lowest BCUT2D eigenvalue weighted by Crippen LogP contribution is -2.34. The highest BCUT2D eigenvalue weighted by atomic mass is 31.2. The van der Waals surface area contributed by atoms with E-state index < -0.39 is 51.1 Å². The summed E-state index contributed by atoms with van der Waals surface area (Å²) in [5, 5.41) is 8.88. The van der Waals surface area contributed by atoms with Gasteiger partial charge in [-0.15, -0.1) is 0 Å². The molecule has 11 nitrogen and oxygen atoms in total. The normalized spacial score (nSPS) is 14.5. The number of unbranched alkanes of at least 4 members (excludes halogenated alkanes) is 12. The molecular weight excluding hydrogens is 733 g/mol. The average Bonchev–Trinajstić information content (AvgIpc) is 3.17. The number of esters is 2. The number of phosphoric ester groups is 1. The molecule has 12 heteroatoms. The molecule has 4 N–H and O–H groups in total. The van der Waals surface area contributed by atoms with Crippen LogP contribution in [-0.4, -0.2) is 59.9 Å². The van der Waals surface area contributed by atoms with Gasteiger partial charge in [0.2, 0.25) is 0 Å². The maximum Gasteiger partial charge on any atom is 0.472 e. The predicted octanol–water partition coefficient (Wildman–Crippen LogP) is 10.9. The lowest BCUT2D eigenvalue weighted by atomic mass is 10.1. The molecule has 320 valence electrons.